The summed E-state index contributed by atoms with van der Waals surface area (Å²) in [4.78, 5) is 16.9. The van der Waals surface area contributed by atoms with Gasteiger partial charge >= 0.3 is 0 Å². The molecule has 1 atom stereocenters. The average Bonchev–Trinajstić information content (AvgIpc) is 3.28. The van der Waals surface area contributed by atoms with Crippen LogP contribution in [0.4, 0.5) is 5.13 Å². The Morgan fingerprint density at radius 2 is 2.04 bits per heavy atom. The van der Waals surface area contributed by atoms with E-state index < -0.39 is 0 Å². The molecule has 0 fully saturated rings. The fourth-order valence-corrected chi connectivity index (χ4v) is 4.38. The number of hydrogen-bond donors (Lipinski definition) is 2. The Balaban J connectivity index is 1.61. The molecule has 1 amide bonds. The van der Waals surface area contributed by atoms with Crippen LogP contribution in [0.25, 0.3) is 5.69 Å². The summed E-state index contributed by atoms with van der Waals surface area (Å²) < 4.78 is 2.02. The second kappa shape index (κ2) is 7.15. The molecule has 0 spiro atoms. The number of nitrogens with one attached hydrogen (secondary N) is 2. The van der Waals surface area contributed by atoms with Crippen LogP contribution in [0.2, 0.25) is 0 Å². The molecule has 2 aromatic heterocycles. The molecule has 27 heavy (non-hydrogen) atoms. The van der Waals surface area contributed by atoms with Crippen molar-refractivity contribution < 1.29 is 4.79 Å². The molecule has 7 heteroatoms. The number of rotatable bonds is 4. The molecule has 0 aliphatic heterocycles. The predicted octanol–water partition coefficient (Wildman–Crippen LogP) is 3.79. The lowest BCUT2D eigenvalue weighted by Crippen LogP contribution is -2.31. The van der Waals surface area contributed by atoms with Crippen LogP contribution < -0.4 is 10.6 Å². The minimum absolute atomic E-state index is 0.0272. The summed E-state index contributed by atoms with van der Waals surface area (Å²) in [6.07, 6.45) is 4.81. The smallest absolute Gasteiger partial charge is 0.271 e. The first-order chi connectivity index (χ1) is 13.0. The third kappa shape index (κ3) is 3.47. The summed E-state index contributed by atoms with van der Waals surface area (Å²) in [7, 11) is 1.80. The van der Waals surface area contributed by atoms with Crippen LogP contribution in [0.15, 0.2) is 29.8 Å². The largest absolute Gasteiger partial charge is 0.365 e. The molecule has 0 saturated carbocycles. The number of thiazole rings is 1. The van der Waals surface area contributed by atoms with Crippen molar-refractivity contribution in [2.45, 2.75) is 39.2 Å². The maximum absolute atomic E-state index is 12.6. The number of fused-ring (bicyclic) bond motifs is 1. The van der Waals surface area contributed by atoms with Crippen molar-refractivity contribution in [3.05, 3.63) is 57.9 Å². The molecule has 3 aromatic rings. The Morgan fingerprint density at radius 3 is 2.74 bits per heavy atom. The maximum atomic E-state index is 12.6. The highest BCUT2D eigenvalue weighted by Crippen LogP contribution is 2.31. The lowest BCUT2D eigenvalue weighted by molar-refractivity contribution is 0.0928. The van der Waals surface area contributed by atoms with E-state index in [1.165, 1.54) is 28.2 Å². The zero-order valence-electron chi connectivity index (χ0n) is 15.7. The Labute approximate surface area is 162 Å². The quantitative estimate of drug-likeness (QED) is 0.721. The Morgan fingerprint density at radius 1 is 1.26 bits per heavy atom. The van der Waals surface area contributed by atoms with Crippen molar-refractivity contribution >= 4 is 22.4 Å². The van der Waals surface area contributed by atoms with E-state index in [-0.39, 0.29) is 11.9 Å². The molecule has 1 aromatic carbocycles. The number of benzene rings is 1. The van der Waals surface area contributed by atoms with Crippen LogP contribution in [0.5, 0.6) is 0 Å². The zero-order valence-corrected chi connectivity index (χ0v) is 16.6. The topological polar surface area (TPSA) is 71.8 Å². The van der Waals surface area contributed by atoms with Crippen molar-refractivity contribution in [3.8, 4) is 5.69 Å². The van der Waals surface area contributed by atoms with Gasteiger partial charge < -0.3 is 10.6 Å². The summed E-state index contributed by atoms with van der Waals surface area (Å²) in [5, 5.41) is 13.3. The molecule has 4 rings (SSSR count). The molecule has 1 aliphatic rings. The van der Waals surface area contributed by atoms with Gasteiger partial charge in [0.2, 0.25) is 0 Å². The third-order valence-electron chi connectivity index (χ3n) is 4.89. The monoisotopic (exact) mass is 381 g/mol. The molecule has 2 N–H and O–H groups in total. The van der Waals surface area contributed by atoms with Gasteiger partial charge in [-0.3, -0.25) is 4.79 Å². The minimum atomic E-state index is -0.134. The lowest BCUT2D eigenvalue weighted by Gasteiger charge is -2.24. The van der Waals surface area contributed by atoms with Gasteiger partial charge in [-0.2, -0.15) is 5.10 Å². The Bertz CT molecular complexity index is 970. The van der Waals surface area contributed by atoms with E-state index in [0.29, 0.717) is 5.69 Å². The van der Waals surface area contributed by atoms with Crippen molar-refractivity contribution in [1.82, 2.24) is 20.1 Å². The van der Waals surface area contributed by atoms with Crippen LogP contribution in [0.3, 0.4) is 0 Å². The normalized spacial score (nSPS) is 16.0. The van der Waals surface area contributed by atoms with E-state index in [9.17, 15) is 4.79 Å². The SMILES string of the molecule is CNc1nc(C(=O)N[C@@H]2CCCc3c2cnn3-c2cc(C)cc(C)c2)cs1. The van der Waals surface area contributed by atoms with Gasteiger partial charge in [-0.05, 0) is 56.4 Å². The second-order valence-electron chi connectivity index (χ2n) is 7.01. The van der Waals surface area contributed by atoms with Gasteiger partial charge in [-0.15, -0.1) is 11.3 Å². The molecule has 0 radical (unpaired) electrons. The maximum Gasteiger partial charge on any atom is 0.271 e. The molecule has 0 bridgehead atoms. The van der Waals surface area contributed by atoms with Gasteiger partial charge in [-0.25, -0.2) is 9.67 Å². The molecule has 140 valence electrons. The summed E-state index contributed by atoms with van der Waals surface area (Å²) in [5.41, 5.74) is 6.28. The van der Waals surface area contributed by atoms with Gasteiger partial charge in [0.15, 0.2) is 5.13 Å². The molecule has 0 unspecified atom stereocenters. The molecule has 2 heterocycles. The molecule has 6 nitrogen and oxygen atoms in total. The standard InChI is InChI=1S/C20H23N5OS/c1-12-7-13(2)9-14(8-12)25-18-6-4-5-16(15(18)10-22-25)23-19(26)17-11-27-20(21-3)24-17/h7-11,16H,4-6H2,1-3H3,(H,21,24)(H,23,26)/t16-/m1/s1. The highest BCUT2D eigenvalue weighted by Gasteiger charge is 2.27. The van der Waals surface area contributed by atoms with E-state index in [1.807, 2.05) is 10.9 Å². The summed E-state index contributed by atoms with van der Waals surface area (Å²) in [6, 6.07) is 6.43. The van der Waals surface area contributed by atoms with E-state index in [0.717, 1.165) is 35.6 Å². The number of anilines is 1. The van der Waals surface area contributed by atoms with Crippen LogP contribution in [0.1, 0.15) is 51.8 Å². The number of carbonyl (C=O) groups is 1. The van der Waals surface area contributed by atoms with Crippen molar-refractivity contribution in [3.63, 3.8) is 0 Å². The van der Waals surface area contributed by atoms with Gasteiger partial charge in [0.25, 0.3) is 5.91 Å². The van der Waals surface area contributed by atoms with Crippen LogP contribution >= 0.6 is 11.3 Å². The number of amides is 1. The highest BCUT2D eigenvalue weighted by atomic mass is 32.1. The number of hydrogen-bond acceptors (Lipinski definition) is 5. The van der Waals surface area contributed by atoms with Crippen LogP contribution in [0, 0.1) is 13.8 Å². The van der Waals surface area contributed by atoms with E-state index in [1.54, 1.807) is 12.4 Å². The average molecular weight is 382 g/mol. The molecule has 0 saturated heterocycles. The molecular weight excluding hydrogens is 358 g/mol. The molecule has 1 aliphatic carbocycles. The van der Waals surface area contributed by atoms with E-state index in [2.05, 4.69) is 52.8 Å². The fraction of sp³-hybridized carbons (Fsp3) is 0.350. The lowest BCUT2D eigenvalue weighted by atomic mass is 9.92. The van der Waals surface area contributed by atoms with Gasteiger partial charge in [0, 0.05) is 23.7 Å². The van der Waals surface area contributed by atoms with Gasteiger partial charge in [0.05, 0.1) is 17.9 Å². The summed E-state index contributed by atoms with van der Waals surface area (Å²) in [5.74, 6) is -0.134. The van der Waals surface area contributed by atoms with Crippen molar-refractivity contribution in [1.29, 1.82) is 0 Å². The first-order valence-electron chi connectivity index (χ1n) is 9.15. The summed E-state index contributed by atoms with van der Waals surface area (Å²) >= 11 is 1.43. The van der Waals surface area contributed by atoms with E-state index in [4.69, 9.17) is 0 Å². The predicted molar refractivity (Wildman–Crippen MR) is 108 cm³/mol. The van der Waals surface area contributed by atoms with E-state index >= 15 is 0 Å². The number of aromatic nitrogens is 3. The fourth-order valence-electron chi connectivity index (χ4n) is 3.73. The first kappa shape index (κ1) is 17.7. The number of nitrogens with zero attached hydrogens (tertiary/aromatic N) is 3. The van der Waals surface area contributed by atoms with Crippen molar-refractivity contribution in [2.75, 3.05) is 12.4 Å². The second-order valence-corrected chi connectivity index (χ2v) is 7.87. The highest BCUT2D eigenvalue weighted by molar-refractivity contribution is 7.13. The molecular formula is C20H23N5OS. The zero-order chi connectivity index (χ0) is 19.0. The summed E-state index contributed by atoms with van der Waals surface area (Å²) in [6.45, 7) is 4.20. The number of aryl methyl sites for hydroxylation is 2. The Hall–Kier alpha value is -2.67. The Kier molecular flexibility index (Phi) is 4.70. The first-order valence-corrected chi connectivity index (χ1v) is 10.0. The van der Waals surface area contributed by atoms with Crippen molar-refractivity contribution in [2.24, 2.45) is 0 Å². The van der Waals surface area contributed by atoms with Gasteiger partial charge in [0.1, 0.15) is 5.69 Å². The third-order valence-corrected chi connectivity index (χ3v) is 5.75. The minimum Gasteiger partial charge on any atom is -0.365 e. The van der Waals surface area contributed by atoms with Crippen LogP contribution in [-0.2, 0) is 6.42 Å². The number of carbonyl (C=O) groups excluding carboxylic acids is 1. The van der Waals surface area contributed by atoms with Gasteiger partial charge in [-0.1, -0.05) is 6.07 Å². The van der Waals surface area contributed by atoms with Crippen LogP contribution in [-0.4, -0.2) is 27.7 Å².